The molecule has 1 N–H and O–H groups in total. The highest BCUT2D eigenvalue weighted by atomic mass is 16.3. The molecule has 0 aromatic rings. The van der Waals surface area contributed by atoms with Gasteiger partial charge in [-0.05, 0) is 51.6 Å². The van der Waals surface area contributed by atoms with Crippen LogP contribution in [0.3, 0.4) is 0 Å². The fourth-order valence-corrected chi connectivity index (χ4v) is 4.21. The summed E-state index contributed by atoms with van der Waals surface area (Å²) in [6, 6.07) is 0. The molecule has 0 aromatic heterocycles. The summed E-state index contributed by atoms with van der Waals surface area (Å²) in [5, 5.41) is 11.0. The Balaban J connectivity index is 2.05. The Morgan fingerprint density at radius 3 is 2.06 bits per heavy atom. The van der Waals surface area contributed by atoms with Gasteiger partial charge in [0.15, 0.2) is 0 Å². The van der Waals surface area contributed by atoms with Crippen molar-refractivity contribution >= 4 is 0 Å². The van der Waals surface area contributed by atoms with Crippen LogP contribution in [0.5, 0.6) is 0 Å². The molecule has 0 bridgehead atoms. The van der Waals surface area contributed by atoms with Crippen molar-refractivity contribution in [2.24, 2.45) is 11.8 Å². The van der Waals surface area contributed by atoms with E-state index in [2.05, 4.69) is 25.9 Å². The topological polar surface area (TPSA) is 23.5 Å². The summed E-state index contributed by atoms with van der Waals surface area (Å²) >= 11 is 0. The van der Waals surface area contributed by atoms with Gasteiger partial charge in [0, 0.05) is 5.54 Å². The van der Waals surface area contributed by atoms with Crippen molar-refractivity contribution in [1.82, 2.24) is 4.90 Å². The lowest BCUT2D eigenvalue weighted by Gasteiger charge is -2.49. The number of aliphatic hydroxyl groups excluding tert-OH is 1. The van der Waals surface area contributed by atoms with Gasteiger partial charge in [-0.3, -0.25) is 0 Å². The van der Waals surface area contributed by atoms with E-state index in [1.54, 1.807) is 0 Å². The van der Waals surface area contributed by atoms with E-state index in [4.69, 9.17) is 0 Å². The van der Waals surface area contributed by atoms with Crippen molar-refractivity contribution < 1.29 is 5.11 Å². The highest BCUT2D eigenvalue weighted by Crippen LogP contribution is 2.42. The van der Waals surface area contributed by atoms with E-state index in [0.29, 0.717) is 5.92 Å². The van der Waals surface area contributed by atoms with Gasteiger partial charge in [-0.25, -0.2) is 0 Å². The van der Waals surface area contributed by atoms with Gasteiger partial charge in [-0.2, -0.15) is 0 Å². The minimum atomic E-state index is -0.111. The van der Waals surface area contributed by atoms with Crippen molar-refractivity contribution in [2.75, 3.05) is 14.1 Å². The molecule has 1 unspecified atom stereocenters. The summed E-state index contributed by atoms with van der Waals surface area (Å²) in [4.78, 5) is 2.33. The smallest absolute Gasteiger partial charge is 0.0751 e. The molecular weight excluding hydrogens is 222 g/mol. The third kappa shape index (κ3) is 2.75. The normalized spacial score (nSPS) is 34.5. The van der Waals surface area contributed by atoms with Crippen molar-refractivity contribution in [3.63, 3.8) is 0 Å². The van der Waals surface area contributed by atoms with E-state index in [9.17, 15) is 5.11 Å². The molecule has 2 nitrogen and oxygen atoms in total. The van der Waals surface area contributed by atoms with Gasteiger partial charge in [0.2, 0.25) is 0 Å². The Kier molecular flexibility index (Phi) is 4.71. The van der Waals surface area contributed by atoms with E-state index in [1.165, 1.54) is 57.8 Å². The number of hydrogen-bond acceptors (Lipinski definition) is 2. The third-order valence-electron chi connectivity index (χ3n) is 5.67. The molecule has 106 valence electrons. The number of hydrogen-bond donors (Lipinski definition) is 1. The highest BCUT2D eigenvalue weighted by molar-refractivity contribution is 5.00. The minimum Gasteiger partial charge on any atom is -0.391 e. The molecule has 0 radical (unpaired) electrons. The van der Waals surface area contributed by atoms with Crippen LogP contribution >= 0.6 is 0 Å². The van der Waals surface area contributed by atoms with E-state index >= 15 is 0 Å². The predicted molar refractivity (Wildman–Crippen MR) is 76.6 cm³/mol. The molecule has 2 aliphatic carbocycles. The second kappa shape index (κ2) is 5.92. The molecule has 18 heavy (non-hydrogen) atoms. The first-order valence-electron chi connectivity index (χ1n) is 7.92. The zero-order chi connectivity index (χ0) is 13.2. The van der Waals surface area contributed by atoms with Gasteiger partial charge in [0.25, 0.3) is 0 Å². The van der Waals surface area contributed by atoms with Crippen molar-refractivity contribution in [3.05, 3.63) is 0 Å². The van der Waals surface area contributed by atoms with Crippen LogP contribution in [-0.2, 0) is 0 Å². The average Bonchev–Trinajstić information content (AvgIpc) is 2.39. The Bertz CT molecular complexity index is 250. The molecular formula is C16H31NO. The first-order valence-corrected chi connectivity index (χ1v) is 7.92. The van der Waals surface area contributed by atoms with Crippen LogP contribution < -0.4 is 0 Å². The molecule has 2 rings (SSSR count). The predicted octanol–water partition coefficient (Wildman–Crippen LogP) is 3.44. The fraction of sp³-hybridized carbons (Fsp3) is 1.00. The third-order valence-corrected chi connectivity index (χ3v) is 5.67. The Labute approximate surface area is 113 Å². The first kappa shape index (κ1) is 14.3. The van der Waals surface area contributed by atoms with E-state index < -0.39 is 0 Å². The second-order valence-electron chi connectivity index (χ2n) is 7.02. The molecule has 0 amide bonds. The molecule has 1 atom stereocenters. The largest absolute Gasteiger partial charge is 0.391 e. The molecule has 0 aliphatic heterocycles. The van der Waals surface area contributed by atoms with Gasteiger partial charge in [0.1, 0.15) is 0 Å². The minimum absolute atomic E-state index is 0.0729. The monoisotopic (exact) mass is 253 g/mol. The molecule has 0 spiro atoms. The standard InChI is InChI=1S/C16H31NO/c1-13-7-9-14(10-8-13)15(18)16(17(2)3)11-5-4-6-12-16/h13-15,18H,4-12H2,1-3H3. The fourth-order valence-electron chi connectivity index (χ4n) is 4.21. The van der Waals surface area contributed by atoms with Crippen LogP contribution in [0, 0.1) is 11.8 Å². The van der Waals surface area contributed by atoms with Gasteiger partial charge in [0.05, 0.1) is 6.10 Å². The maximum absolute atomic E-state index is 11.0. The molecule has 2 heteroatoms. The summed E-state index contributed by atoms with van der Waals surface area (Å²) in [6.07, 6.45) is 11.3. The van der Waals surface area contributed by atoms with Crippen molar-refractivity contribution in [3.8, 4) is 0 Å². The van der Waals surface area contributed by atoms with Crippen LogP contribution in [0.1, 0.15) is 64.7 Å². The molecule has 0 saturated heterocycles. The van der Waals surface area contributed by atoms with Gasteiger partial charge in [-0.15, -0.1) is 0 Å². The van der Waals surface area contributed by atoms with Crippen LogP contribution in [0.4, 0.5) is 0 Å². The quantitative estimate of drug-likeness (QED) is 0.833. The lowest BCUT2D eigenvalue weighted by molar-refractivity contribution is -0.0718. The summed E-state index contributed by atoms with van der Waals surface area (Å²) in [6.45, 7) is 2.35. The summed E-state index contributed by atoms with van der Waals surface area (Å²) in [7, 11) is 4.33. The Morgan fingerprint density at radius 2 is 1.56 bits per heavy atom. The van der Waals surface area contributed by atoms with Gasteiger partial charge >= 0.3 is 0 Å². The Morgan fingerprint density at radius 1 is 1.00 bits per heavy atom. The SMILES string of the molecule is CC1CCC(C(O)C2(N(C)C)CCCCC2)CC1. The van der Waals surface area contributed by atoms with Crippen LogP contribution in [0.15, 0.2) is 0 Å². The molecule has 2 fully saturated rings. The Hall–Kier alpha value is -0.0800. The maximum Gasteiger partial charge on any atom is 0.0751 e. The summed E-state index contributed by atoms with van der Waals surface area (Å²) in [5.74, 6) is 1.41. The first-order chi connectivity index (χ1) is 8.56. The van der Waals surface area contributed by atoms with Gasteiger partial charge < -0.3 is 10.0 Å². The maximum atomic E-state index is 11.0. The molecule has 2 aliphatic rings. The van der Waals surface area contributed by atoms with E-state index in [0.717, 1.165) is 5.92 Å². The number of likely N-dealkylation sites (N-methyl/N-ethyl adjacent to an activating group) is 1. The zero-order valence-corrected chi connectivity index (χ0v) is 12.5. The van der Waals surface area contributed by atoms with E-state index in [-0.39, 0.29) is 11.6 Å². The highest BCUT2D eigenvalue weighted by Gasteiger charge is 2.44. The lowest BCUT2D eigenvalue weighted by atomic mass is 9.68. The average molecular weight is 253 g/mol. The molecule has 2 saturated carbocycles. The summed E-state index contributed by atoms with van der Waals surface area (Å²) < 4.78 is 0. The van der Waals surface area contributed by atoms with Crippen molar-refractivity contribution in [2.45, 2.75) is 76.4 Å². The number of aliphatic hydroxyl groups is 1. The van der Waals surface area contributed by atoms with Crippen molar-refractivity contribution in [1.29, 1.82) is 0 Å². The zero-order valence-electron chi connectivity index (χ0n) is 12.5. The van der Waals surface area contributed by atoms with Crippen LogP contribution in [0.25, 0.3) is 0 Å². The lowest BCUT2D eigenvalue weighted by Crippen LogP contribution is -2.57. The van der Waals surface area contributed by atoms with Crippen LogP contribution in [0.2, 0.25) is 0 Å². The van der Waals surface area contributed by atoms with Gasteiger partial charge in [-0.1, -0.05) is 39.0 Å². The van der Waals surface area contributed by atoms with E-state index in [1.807, 2.05) is 0 Å². The summed E-state index contributed by atoms with van der Waals surface area (Å²) in [5.41, 5.74) is 0.0729. The number of nitrogens with zero attached hydrogens (tertiary/aromatic N) is 1. The second-order valence-corrected chi connectivity index (χ2v) is 7.02. The van der Waals surface area contributed by atoms with Crippen LogP contribution in [-0.4, -0.2) is 35.7 Å². The number of rotatable bonds is 3. The molecule has 0 heterocycles. The molecule has 0 aromatic carbocycles.